The van der Waals surface area contributed by atoms with Crippen molar-refractivity contribution in [2.24, 2.45) is 0 Å². The molecule has 0 saturated carbocycles. The number of aryl methyl sites for hydroxylation is 1. The van der Waals surface area contributed by atoms with Crippen molar-refractivity contribution in [3.05, 3.63) is 64.5 Å². The third-order valence-electron chi connectivity index (χ3n) is 3.52. The van der Waals surface area contributed by atoms with Crippen LogP contribution < -0.4 is 5.32 Å². The van der Waals surface area contributed by atoms with Gasteiger partial charge in [-0.1, -0.05) is 19.1 Å². The molecule has 0 spiro atoms. The van der Waals surface area contributed by atoms with E-state index < -0.39 is 0 Å². The van der Waals surface area contributed by atoms with Gasteiger partial charge in [-0.05, 0) is 51.7 Å². The van der Waals surface area contributed by atoms with E-state index in [2.05, 4.69) is 56.3 Å². The van der Waals surface area contributed by atoms with E-state index in [9.17, 15) is 0 Å². The van der Waals surface area contributed by atoms with E-state index in [0.29, 0.717) is 0 Å². The Hall–Kier alpha value is -1.94. The number of rotatable bonds is 4. The normalized spacial score (nSPS) is 10.8. The summed E-state index contributed by atoms with van der Waals surface area (Å²) in [6.45, 7) is 2.90. The predicted octanol–water partition coefficient (Wildman–Crippen LogP) is 4.57. The van der Waals surface area contributed by atoms with Crippen molar-refractivity contribution in [3.63, 3.8) is 0 Å². The molecule has 3 aromatic rings. The third-order valence-corrected chi connectivity index (χ3v) is 4.15. The predicted molar refractivity (Wildman–Crippen MR) is 90.4 cm³/mol. The fourth-order valence-electron chi connectivity index (χ4n) is 2.30. The van der Waals surface area contributed by atoms with Gasteiger partial charge in [0.15, 0.2) is 0 Å². The summed E-state index contributed by atoms with van der Waals surface area (Å²) in [6, 6.07) is 10.5. The molecule has 0 saturated heterocycles. The molecule has 0 aliphatic carbocycles. The molecule has 2 heterocycles. The van der Waals surface area contributed by atoms with Gasteiger partial charge in [0.25, 0.3) is 0 Å². The number of benzene rings is 1. The minimum atomic E-state index is 0.739. The molecule has 3 rings (SSSR count). The fraction of sp³-hybridized carbons (Fsp3) is 0.176. The van der Waals surface area contributed by atoms with Gasteiger partial charge in [-0.25, -0.2) is 4.98 Å². The van der Waals surface area contributed by atoms with Gasteiger partial charge < -0.3 is 5.32 Å². The number of fused-ring (bicyclic) bond motifs is 1. The smallest absolute Gasteiger partial charge is 0.134 e. The molecule has 0 radical (unpaired) electrons. The SMILES string of the molecule is CCc1ccc2c(Br)cnc(NCc3ccncc3)c2c1. The maximum absolute atomic E-state index is 4.52. The highest BCUT2D eigenvalue weighted by molar-refractivity contribution is 9.10. The van der Waals surface area contributed by atoms with Crippen LogP contribution in [-0.4, -0.2) is 9.97 Å². The molecule has 4 heteroatoms. The minimum Gasteiger partial charge on any atom is -0.365 e. The van der Waals surface area contributed by atoms with E-state index in [4.69, 9.17) is 0 Å². The molecule has 0 amide bonds. The Morgan fingerprint density at radius 2 is 1.86 bits per heavy atom. The Labute approximate surface area is 132 Å². The summed E-state index contributed by atoms with van der Waals surface area (Å²) in [5, 5.41) is 5.75. The molecule has 21 heavy (non-hydrogen) atoms. The van der Waals surface area contributed by atoms with Gasteiger partial charge in [0.1, 0.15) is 5.82 Å². The average Bonchev–Trinajstić information content (AvgIpc) is 2.55. The van der Waals surface area contributed by atoms with Crippen LogP contribution in [0, 0.1) is 0 Å². The summed E-state index contributed by atoms with van der Waals surface area (Å²) in [5.41, 5.74) is 2.50. The molecular weight excluding hydrogens is 326 g/mol. The zero-order valence-corrected chi connectivity index (χ0v) is 13.4. The van der Waals surface area contributed by atoms with Crippen LogP contribution in [0.5, 0.6) is 0 Å². The molecule has 0 unspecified atom stereocenters. The highest BCUT2D eigenvalue weighted by Gasteiger charge is 2.07. The highest BCUT2D eigenvalue weighted by Crippen LogP contribution is 2.29. The van der Waals surface area contributed by atoms with Crippen molar-refractivity contribution in [2.45, 2.75) is 19.9 Å². The number of nitrogens with one attached hydrogen (secondary N) is 1. The van der Waals surface area contributed by atoms with Gasteiger partial charge in [0.05, 0.1) is 0 Å². The van der Waals surface area contributed by atoms with Crippen LogP contribution in [-0.2, 0) is 13.0 Å². The molecule has 0 aliphatic heterocycles. The molecule has 106 valence electrons. The number of halogens is 1. The molecule has 1 N–H and O–H groups in total. The topological polar surface area (TPSA) is 37.8 Å². The van der Waals surface area contributed by atoms with Crippen molar-refractivity contribution in [2.75, 3.05) is 5.32 Å². The van der Waals surface area contributed by atoms with E-state index in [0.717, 1.165) is 28.6 Å². The first-order chi connectivity index (χ1) is 10.3. The minimum absolute atomic E-state index is 0.739. The number of aromatic nitrogens is 2. The average molecular weight is 342 g/mol. The van der Waals surface area contributed by atoms with Crippen molar-refractivity contribution in [3.8, 4) is 0 Å². The lowest BCUT2D eigenvalue weighted by Crippen LogP contribution is -2.02. The molecule has 2 aromatic heterocycles. The van der Waals surface area contributed by atoms with Crippen LogP contribution >= 0.6 is 15.9 Å². The maximum Gasteiger partial charge on any atom is 0.134 e. The largest absolute Gasteiger partial charge is 0.365 e. The lowest BCUT2D eigenvalue weighted by Gasteiger charge is -2.11. The van der Waals surface area contributed by atoms with Gasteiger partial charge in [-0.3, -0.25) is 4.98 Å². The molecule has 0 bridgehead atoms. The monoisotopic (exact) mass is 341 g/mol. The Balaban J connectivity index is 1.96. The summed E-state index contributed by atoms with van der Waals surface area (Å²) in [7, 11) is 0. The standard InChI is InChI=1S/C17H16BrN3/c1-2-12-3-4-14-15(9-12)17(21-11-16(14)18)20-10-13-5-7-19-8-6-13/h3-9,11H,2,10H2,1H3,(H,20,21). The lowest BCUT2D eigenvalue weighted by atomic mass is 10.1. The summed E-state index contributed by atoms with van der Waals surface area (Å²) in [5.74, 6) is 0.917. The van der Waals surface area contributed by atoms with Gasteiger partial charge in [-0.2, -0.15) is 0 Å². The number of hydrogen-bond donors (Lipinski definition) is 1. The summed E-state index contributed by atoms with van der Waals surface area (Å²) in [4.78, 5) is 8.56. The molecule has 0 aliphatic rings. The Morgan fingerprint density at radius 3 is 2.62 bits per heavy atom. The van der Waals surface area contributed by atoms with Crippen LogP contribution in [0.15, 0.2) is 53.4 Å². The maximum atomic E-state index is 4.52. The zero-order chi connectivity index (χ0) is 14.7. The highest BCUT2D eigenvalue weighted by atomic mass is 79.9. The second-order valence-corrected chi connectivity index (χ2v) is 5.75. The Kier molecular flexibility index (Phi) is 4.15. The van der Waals surface area contributed by atoms with Crippen molar-refractivity contribution < 1.29 is 0 Å². The molecule has 3 nitrogen and oxygen atoms in total. The van der Waals surface area contributed by atoms with E-state index in [1.165, 1.54) is 16.5 Å². The van der Waals surface area contributed by atoms with E-state index >= 15 is 0 Å². The first kappa shape index (κ1) is 14.0. The van der Waals surface area contributed by atoms with Crippen molar-refractivity contribution in [1.82, 2.24) is 9.97 Å². The lowest BCUT2D eigenvalue weighted by molar-refractivity contribution is 1.10. The first-order valence-electron chi connectivity index (χ1n) is 6.98. The van der Waals surface area contributed by atoms with Crippen LogP contribution in [0.3, 0.4) is 0 Å². The Bertz CT molecular complexity index is 757. The van der Waals surface area contributed by atoms with Gasteiger partial charge in [-0.15, -0.1) is 0 Å². The number of pyridine rings is 2. The Morgan fingerprint density at radius 1 is 1.05 bits per heavy atom. The van der Waals surface area contributed by atoms with Crippen molar-refractivity contribution >= 4 is 32.5 Å². The fourth-order valence-corrected chi connectivity index (χ4v) is 2.75. The van der Waals surface area contributed by atoms with Crippen LogP contribution in [0.1, 0.15) is 18.1 Å². The van der Waals surface area contributed by atoms with E-state index in [-0.39, 0.29) is 0 Å². The first-order valence-corrected chi connectivity index (χ1v) is 7.77. The molecule has 1 aromatic carbocycles. The second-order valence-electron chi connectivity index (χ2n) is 4.90. The molecule has 0 fully saturated rings. The van der Waals surface area contributed by atoms with E-state index in [1.54, 1.807) is 12.4 Å². The zero-order valence-electron chi connectivity index (χ0n) is 11.8. The molecule has 0 atom stereocenters. The van der Waals surface area contributed by atoms with Crippen LogP contribution in [0.4, 0.5) is 5.82 Å². The number of anilines is 1. The quantitative estimate of drug-likeness (QED) is 0.755. The van der Waals surface area contributed by atoms with Crippen molar-refractivity contribution in [1.29, 1.82) is 0 Å². The van der Waals surface area contributed by atoms with Crippen LogP contribution in [0.2, 0.25) is 0 Å². The summed E-state index contributed by atoms with van der Waals surface area (Å²) < 4.78 is 1.02. The van der Waals surface area contributed by atoms with E-state index in [1.807, 2.05) is 18.3 Å². The molecular formula is C17H16BrN3. The third kappa shape index (κ3) is 3.05. The van der Waals surface area contributed by atoms with Gasteiger partial charge in [0.2, 0.25) is 0 Å². The van der Waals surface area contributed by atoms with Crippen LogP contribution in [0.25, 0.3) is 10.8 Å². The number of nitrogens with zero attached hydrogens (tertiary/aromatic N) is 2. The summed E-state index contributed by atoms with van der Waals surface area (Å²) >= 11 is 3.57. The summed E-state index contributed by atoms with van der Waals surface area (Å²) in [6.07, 6.45) is 6.48. The van der Waals surface area contributed by atoms with Gasteiger partial charge in [0, 0.05) is 40.4 Å². The number of hydrogen-bond acceptors (Lipinski definition) is 3. The second kappa shape index (κ2) is 6.22. The van der Waals surface area contributed by atoms with Gasteiger partial charge >= 0.3 is 0 Å².